The van der Waals surface area contributed by atoms with Gasteiger partial charge < -0.3 is 9.84 Å². The lowest BCUT2D eigenvalue weighted by atomic mass is 9.89. The molecule has 3 rings (SSSR count). The first-order valence-electron chi connectivity index (χ1n) is 9.26. The van der Waals surface area contributed by atoms with Gasteiger partial charge in [-0.25, -0.2) is 0 Å². The molecule has 1 N–H and O–H groups in total. The summed E-state index contributed by atoms with van der Waals surface area (Å²) < 4.78 is 6.10. The van der Waals surface area contributed by atoms with E-state index in [1.165, 1.54) is 30.4 Å². The van der Waals surface area contributed by atoms with Gasteiger partial charge in [0, 0.05) is 12.6 Å². The predicted molar refractivity (Wildman–Crippen MR) is 93.5 cm³/mol. The van der Waals surface area contributed by atoms with E-state index < -0.39 is 0 Å². The Hall–Kier alpha value is -0.900. The molecule has 0 saturated carbocycles. The normalized spacial score (nSPS) is 26.4. The zero-order valence-corrected chi connectivity index (χ0v) is 14.6. The maximum absolute atomic E-state index is 10.4. The molecule has 1 aromatic rings. The van der Waals surface area contributed by atoms with Crippen LogP contribution in [0.3, 0.4) is 0 Å². The predicted octanol–water partition coefficient (Wildman–Crippen LogP) is 3.56. The molecule has 2 aliphatic rings. The number of nitrogens with zero attached hydrogens (tertiary/aromatic N) is 1. The van der Waals surface area contributed by atoms with Gasteiger partial charge in [0.2, 0.25) is 0 Å². The number of rotatable bonds is 6. The van der Waals surface area contributed by atoms with Gasteiger partial charge in [-0.2, -0.15) is 0 Å². The van der Waals surface area contributed by atoms with Crippen LogP contribution in [0, 0.1) is 5.92 Å². The molecule has 0 radical (unpaired) electrons. The number of benzene rings is 1. The highest BCUT2D eigenvalue weighted by molar-refractivity contribution is 5.31. The number of hydrogen-bond acceptors (Lipinski definition) is 3. The van der Waals surface area contributed by atoms with Crippen LogP contribution >= 0.6 is 0 Å². The van der Waals surface area contributed by atoms with Crippen LogP contribution in [-0.2, 0) is 11.2 Å². The van der Waals surface area contributed by atoms with Crippen molar-refractivity contribution in [3.8, 4) is 0 Å². The minimum Gasteiger partial charge on any atom is -0.389 e. The molecule has 1 aliphatic carbocycles. The number of fused-ring (bicyclic) bond motifs is 1. The van der Waals surface area contributed by atoms with E-state index in [1.807, 2.05) is 0 Å². The zero-order chi connectivity index (χ0) is 16.2. The number of aryl methyl sites for hydroxylation is 1. The van der Waals surface area contributed by atoms with Crippen LogP contribution in [0.15, 0.2) is 24.3 Å². The SMILES string of the molecule is CC(C)C1CCCN1CC(O)COC1CCCc2ccccc21. The summed E-state index contributed by atoms with van der Waals surface area (Å²) >= 11 is 0. The number of likely N-dealkylation sites (tertiary alicyclic amines) is 1. The Morgan fingerprint density at radius 3 is 2.87 bits per heavy atom. The van der Waals surface area contributed by atoms with Crippen molar-refractivity contribution < 1.29 is 9.84 Å². The minimum absolute atomic E-state index is 0.161. The summed E-state index contributed by atoms with van der Waals surface area (Å²) in [5, 5.41) is 10.4. The summed E-state index contributed by atoms with van der Waals surface area (Å²) in [7, 11) is 0. The Morgan fingerprint density at radius 1 is 1.22 bits per heavy atom. The van der Waals surface area contributed by atoms with Gasteiger partial charge in [-0.3, -0.25) is 4.90 Å². The van der Waals surface area contributed by atoms with E-state index in [9.17, 15) is 5.11 Å². The van der Waals surface area contributed by atoms with E-state index in [0.29, 0.717) is 18.6 Å². The monoisotopic (exact) mass is 317 g/mol. The molecule has 1 fully saturated rings. The maximum Gasteiger partial charge on any atom is 0.0900 e. The van der Waals surface area contributed by atoms with Crippen molar-refractivity contribution in [1.29, 1.82) is 0 Å². The summed E-state index contributed by atoms with van der Waals surface area (Å²) in [6, 6.07) is 9.21. The van der Waals surface area contributed by atoms with Crippen molar-refractivity contribution in [3.05, 3.63) is 35.4 Å². The fourth-order valence-electron chi connectivity index (χ4n) is 4.27. The topological polar surface area (TPSA) is 32.7 Å². The molecule has 1 heterocycles. The summed E-state index contributed by atoms with van der Waals surface area (Å²) in [6.07, 6.45) is 5.70. The van der Waals surface area contributed by atoms with Crippen LogP contribution in [0.2, 0.25) is 0 Å². The van der Waals surface area contributed by atoms with E-state index >= 15 is 0 Å². The van der Waals surface area contributed by atoms with Gasteiger partial charge >= 0.3 is 0 Å². The molecular weight excluding hydrogens is 286 g/mol. The third kappa shape index (κ3) is 4.14. The Morgan fingerprint density at radius 2 is 2.04 bits per heavy atom. The van der Waals surface area contributed by atoms with E-state index in [1.54, 1.807) is 0 Å². The molecule has 0 bridgehead atoms. The second kappa shape index (κ2) is 7.78. The van der Waals surface area contributed by atoms with Gasteiger partial charge in [0.05, 0.1) is 18.8 Å². The summed E-state index contributed by atoms with van der Waals surface area (Å²) in [6.45, 7) is 6.87. The molecular formula is C20H31NO2. The number of aliphatic hydroxyl groups is 1. The van der Waals surface area contributed by atoms with Crippen LogP contribution in [0.5, 0.6) is 0 Å². The summed E-state index contributed by atoms with van der Waals surface area (Å²) in [4.78, 5) is 2.45. The van der Waals surface area contributed by atoms with Crippen molar-refractivity contribution >= 4 is 0 Å². The number of aliphatic hydroxyl groups excluding tert-OH is 1. The van der Waals surface area contributed by atoms with Gasteiger partial charge in [0.1, 0.15) is 0 Å². The van der Waals surface area contributed by atoms with Crippen molar-refractivity contribution in [2.24, 2.45) is 5.92 Å². The lowest BCUT2D eigenvalue weighted by molar-refractivity contribution is -0.0308. The molecule has 0 aromatic heterocycles. The molecule has 1 aromatic carbocycles. The van der Waals surface area contributed by atoms with E-state index in [-0.39, 0.29) is 12.2 Å². The quantitative estimate of drug-likeness (QED) is 0.871. The van der Waals surface area contributed by atoms with Crippen molar-refractivity contribution in [2.75, 3.05) is 19.7 Å². The highest BCUT2D eigenvalue weighted by Gasteiger charge is 2.29. The lowest BCUT2D eigenvalue weighted by Gasteiger charge is -2.31. The standard InChI is InChI=1S/C20H31NO2/c1-15(2)19-10-6-12-21(19)13-17(22)14-23-20-11-5-8-16-7-3-4-9-18(16)20/h3-4,7,9,15,17,19-20,22H,5-6,8,10-14H2,1-2H3. The fraction of sp³-hybridized carbons (Fsp3) is 0.700. The van der Waals surface area contributed by atoms with Gasteiger partial charge in [-0.05, 0) is 55.7 Å². The first-order chi connectivity index (χ1) is 11.1. The molecule has 128 valence electrons. The van der Waals surface area contributed by atoms with E-state index in [4.69, 9.17) is 4.74 Å². The average Bonchev–Trinajstić information content (AvgIpc) is 3.01. The van der Waals surface area contributed by atoms with E-state index in [2.05, 4.69) is 43.0 Å². The van der Waals surface area contributed by atoms with Crippen LogP contribution in [0.4, 0.5) is 0 Å². The molecule has 0 amide bonds. The molecule has 3 heteroatoms. The molecule has 3 atom stereocenters. The molecule has 1 aliphatic heterocycles. The second-order valence-corrected chi connectivity index (χ2v) is 7.52. The first kappa shape index (κ1) is 16.9. The number of hydrogen-bond donors (Lipinski definition) is 1. The summed E-state index contributed by atoms with van der Waals surface area (Å²) in [5.74, 6) is 0.663. The second-order valence-electron chi connectivity index (χ2n) is 7.52. The lowest BCUT2D eigenvalue weighted by Crippen LogP contribution is -2.40. The third-order valence-corrected chi connectivity index (χ3v) is 5.43. The molecule has 3 unspecified atom stereocenters. The van der Waals surface area contributed by atoms with Crippen LogP contribution in [0.25, 0.3) is 0 Å². The van der Waals surface area contributed by atoms with Gasteiger partial charge in [-0.15, -0.1) is 0 Å². The largest absolute Gasteiger partial charge is 0.389 e. The van der Waals surface area contributed by atoms with Gasteiger partial charge in [-0.1, -0.05) is 38.1 Å². The Labute approximate surface area is 140 Å². The first-order valence-corrected chi connectivity index (χ1v) is 9.26. The van der Waals surface area contributed by atoms with Crippen LogP contribution in [-0.4, -0.2) is 41.8 Å². The molecule has 3 nitrogen and oxygen atoms in total. The molecule has 23 heavy (non-hydrogen) atoms. The number of β-amino-alcohol motifs (C(OH)–C–C–N with tert-alkyl or cyclic N) is 1. The van der Waals surface area contributed by atoms with Crippen molar-refractivity contribution in [1.82, 2.24) is 4.90 Å². The number of ether oxygens (including phenoxy) is 1. The minimum atomic E-state index is -0.386. The average molecular weight is 317 g/mol. The molecule has 1 saturated heterocycles. The third-order valence-electron chi connectivity index (χ3n) is 5.43. The van der Waals surface area contributed by atoms with Crippen molar-refractivity contribution in [2.45, 2.75) is 64.2 Å². The van der Waals surface area contributed by atoms with Crippen LogP contribution < -0.4 is 0 Å². The summed E-state index contributed by atoms with van der Waals surface area (Å²) in [5.41, 5.74) is 2.74. The van der Waals surface area contributed by atoms with Gasteiger partial charge in [0.15, 0.2) is 0 Å². The highest BCUT2D eigenvalue weighted by atomic mass is 16.5. The van der Waals surface area contributed by atoms with Crippen molar-refractivity contribution in [3.63, 3.8) is 0 Å². The van der Waals surface area contributed by atoms with E-state index in [0.717, 1.165) is 25.9 Å². The Balaban J connectivity index is 1.51. The maximum atomic E-state index is 10.4. The van der Waals surface area contributed by atoms with Crippen LogP contribution in [0.1, 0.15) is 56.8 Å². The zero-order valence-electron chi connectivity index (χ0n) is 14.6. The highest BCUT2D eigenvalue weighted by Crippen LogP contribution is 2.32. The fourth-order valence-corrected chi connectivity index (χ4v) is 4.27. The Bertz CT molecular complexity index is 502. The van der Waals surface area contributed by atoms with Gasteiger partial charge in [0.25, 0.3) is 0 Å². The molecule has 0 spiro atoms. The Kier molecular flexibility index (Phi) is 5.73. The smallest absolute Gasteiger partial charge is 0.0900 e.